The van der Waals surface area contributed by atoms with Gasteiger partial charge < -0.3 is 9.80 Å². The zero-order valence-corrected chi connectivity index (χ0v) is 39.7. The number of fused-ring (bicyclic) bond motifs is 1. The molecule has 1 unspecified atom stereocenters. The number of benzene rings is 10. The highest BCUT2D eigenvalue weighted by molar-refractivity contribution is 6.02. The van der Waals surface area contributed by atoms with E-state index in [0.29, 0.717) is 0 Å². The summed E-state index contributed by atoms with van der Waals surface area (Å²) < 4.78 is 0. The molecule has 12 rings (SSSR count). The second kappa shape index (κ2) is 19.9. The molecular formula is C68H50N4. The number of anilines is 5. The van der Waals surface area contributed by atoms with Crippen molar-refractivity contribution in [2.24, 2.45) is 0 Å². The third-order valence-corrected chi connectivity index (χ3v) is 13.6. The molecule has 1 aliphatic rings. The van der Waals surface area contributed by atoms with Crippen molar-refractivity contribution in [2.45, 2.75) is 12.3 Å². The highest BCUT2D eigenvalue weighted by Gasteiger charge is 2.25. The van der Waals surface area contributed by atoms with Gasteiger partial charge in [-0.3, -0.25) is 0 Å². The lowest BCUT2D eigenvalue weighted by atomic mass is 9.90. The summed E-state index contributed by atoms with van der Waals surface area (Å²) in [6.45, 7) is 0. The van der Waals surface area contributed by atoms with Crippen molar-refractivity contribution in [3.8, 4) is 55.8 Å². The molecule has 0 spiro atoms. The number of allylic oxidation sites excluding steroid dienone is 3. The van der Waals surface area contributed by atoms with Crippen LogP contribution in [0.15, 0.2) is 291 Å². The summed E-state index contributed by atoms with van der Waals surface area (Å²) in [6.07, 6.45) is 7.70. The van der Waals surface area contributed by atoms with Gasteiger partial charge in [-0.2, -0.15) is 0 Å². The predicted molar refractivity (Wildman–Crippen MR) is 301 cm³/mol. The molecular weight excluding hydrogens is 873 g/mol. The largest absolute Gasteiger partial charge is 0.311 e. The zero-order chi connectivity index (χ0) is 48.1. The third kappa shape index (κ3) is 8.90. The van der Waals surface area contributed by atoms with Crippen LogP contribution in [0.5, 0.6) is 0 Å². The van der Waals surface area contributed by atoms with E-state index in [9.17, 15) is 0 Å². The lowest BCUT2D eigenvalue weighted by Crippen LogP contribution is -2.18. The molecule has 1 atom stereocenters. The van der Waals surface area contributed by atoms with Gasteiger partial charge in [-0.1, -0.05) is 206 Å². The Balaban J connectivity index is 0.969. The van der Waals surface area contributed by atoms with Gasteiger partial charge in [-0.25, -0.2) is 9.97 Å². The molecule has 1 aromatic heterocycles. The third-order valence-electron chi connectivity index (χ3n) is 13.6. The molecule has 1 aliphatic carbocycles. The summed E-state index contributed by atoms with van der Waals surface area (Å²) in [6, 6.07) is 94.5. The van der Waals surface area contributed by atoms with E-state index in [1.54, 1.807) is 0 Å². The van der Waals surface area contributed by atoms with Gasteiger partial charge in [0.05, 0.1) is 22.4 Å². The minimum absolute atomic E-state index is 0.0419. The van der Waals surface area contributed by atoms with Crippen molar-refractivity contribution in [2.75, 3.05) is 9.80 Å². The van der Waals surface area contributed by atoms with Gasteiger partial charge in [0, 0.05) is 56.7 Å². The van der Waals surface area contributed by atoms with Gasteiger partial charge >= 0.3 is 0 Å². The van der Waals surface area contributed by atoms with Crippen LogP contribution in [-0.4, -0.2) is 9.97 Å². The van der Waals surface area contributed by atoms with E-state index in [4.69, 9.17) is 9.97 Å². The summed E-state index contributed by atoms with van der Waals surface area (Å²) in [4.78, 5) is 16.2. The van der Waals surface area contributed by atoms with E-state index in [1.165, 1.54) is 11.1 Å². The molecule has 0 aliphatic heterocycles. The summed E-state index contributed by atoms with van der Waals surface area (Å²) in [5, 5.41) is 0. The maximum atomic E-state index is 5.82. The van der Waals surface area contributed by atoms with Crippen molar-refractivity contribution in [3.63, 3.8) is 0 Å². The number of nitrogens with zero attached hydrogens (tertiary/aromatic N) is 4. The fourth-order valence-corrected chi connectivity index (χ4v) is 10.0. The number of hydrogen-bond donors (Lipinski definition) is 0. The Morgan fingerprint density at radius 2 is 0.694 bits per heavy atom. The SMILES string of the molecule is C1=CC(c2nc3c(-c4cccc(-c5ccccc5)c4)ccc(-c4cccc(-c5ccccc5)c4)c3nc2-c2ccccc2)CC=C1N(c1ccccc1)c1ccc(N(c2ccccc2)c2ccccc2)cc1. The van der Waals surface area contributed by atoms with Crippen LogP contribution in [0.1, 0.15) is 18.0 Å². The number of aromatic nitrogens is 2. The minimum Gasteiger partial charge on any atom is -0.311 e. The van der Waals surface area contributed by atoms with E-state index in [-0.39, 0.29) is 5.92 Å². The highest BCUT2D eigenvalue weighted by atomic mass is 15.2. The monoisotopic (exact) mass is 922 g/mol. The van der Waals surface area contributed by atoms with Crippen molar-refractivity contribution in [1.29, 1.82) is 0 Å². The van der Waals surface area contributed by atoms with Crippen molar-refractivity contribution in [1.82, 2.24) is 9.97 Å². The quantitative estimate of drug-likeness (QED) is 0.122. The van der Waals surface area contributed by atoms with E-state index in [0.717, 1.165) is 102 Å². The number of para-hydroxylation sites is 3. The van der Waals surface area contributed by atoms with Gasteiger partial charge in [-0.15, -0.1) is 0 Å². The first-order chi connectivity index (χ1) is 35.7. The first-order valence-corrected chi connectivity index (χ1v) is 24.7. The Labute approximate surface area is 421 Å². The molecule has 0 saturated carbocycles. The van der Waals surface area contributed by atoms with Gasteiger partial charge in [0.1, 0.15) is 0 Å². The van der Waals surface area contributed by atoms with Crippen LogP contribution in [0.3, 0.4) is 0 Å². The Hall–Kier alpha value is -9.38. The van der Waals surface area contributed by atoms with Crippen LogP contribution in [0.4, 0.5) is 28.4 Å². The molecule has 4 heteroatoms. The topological polar surface area (TPSA) is 32.3 Å². The fraction of sp³-hybridized carbons (Fsp3) is 0.0294. The van der Waals surface area contributed by atoms with Gasteiger partial charge in [-0.05, 0) is 119 Å². The second-order valence-electron chi connectivity index (χ2n) is 18.1. The molecule has 1 heterocycles. The minimum atomic E-state index is -0.0419. The van der Waals surface area contributed by atoms with E-state index in [1.807, 2.05) is 0 Å². The maximum Gasteiger partial charge on any atom is 0.0979 e. The molecule has 4 nitrogen and oxygen atoms in total. The molecule has 11 aromatic rings. The Bertz CT molecular complexity index is 3650. The average molecular weight is 923 g/mol. The van der Waals surface area contributed by atoms with Crippen LogP contribution >= 0.6 is 0 Å². The molecule has 0 saturated heterocycles. The Morgan fingerprint density at radius 3 is 1.15 bits per heavy atom. The molecule has 72 heavy (non-hydrogen) atoms. The molecule has 0 N–H and O–H groups in total. The van der Waals surface area contributed by atoms with Crippen molar-refractivity contribution in [3.05, 3.63) is 297 Å². The molecule has 0 radical (unpaired) electrons. The maximum absolute atomic E-state index is 5.82. The van der Waals surface area contributed by atoms with Crippen LogP contribution in [-0.2, 0) is 0 Å². The number of hydrogen-bond acceptors (Lipinski definition) is 4. The highest BCUT2D eigenvalue weighted by Crippen LogP contribution is 2.43. The normalized spacial score (nSPS) is 13.1. The van der Waals surface area contributed by atoms with Crippen LogP contribution in [0.2, 0.25) is 0 Å². The van der Waals surface area contributed by atoms with E-state index in [2.05, 4.69) is 295 Å². The molecule has 0 fully saturated rings. The summed E-state index contributed by atoms with van der Waals surface area (Å²) >= 11 is 0. The summed E-state index contributed by atoms with van der Waals surface area (Å²) in [7, 11) is 0. The average Bonchev–Trinajstić information content (AvgIpc) is 3.47. The first kappa shape index (κ1) is 43.9. The second-order valence-corrected chi connectivity index (χ2v) is 18.1. The molecule has 0 amide bonds. The zero-order valence-electron chi connectivity index (χ0n) is 39.7. The van der Waals surface area contributed by atoms with Gasteiger partial charge in [0.15, 0.2) is 0 Å². The smallest absolute Gasteiger partial charge is 0.0979 e. The lowest BCUT2D eigenvalue weighted by Gasteiger charge is -2.30. The van der Waals surface area contributed by atoms with Crippen LogP contribution in [0.25, 0.3) is 66.8 Å². The van der Waals surface area contributed by atoms with E-state index < -0.39 is 0 Å². The van der Waals surface area contributed by atoms with Gasteiger partial charge in [0.25, 0.3) is 0 Å². The Morgan fingerprint density at radius 1 is 0.319 bits per heavy atom. The summed E-state index contributed by atoms with van der Waals surface area (Å²) in [5.74, 6) is -0.0419. The van der Waals surface area contributed by atoms with E-state index >= 15 is 0 Å². The Kier molecular flexibility index (Phi) is 12.1. The standard InChI is InChI=1S/C68H50N4/c1-7-21-49(22-8-1)53-27-19-29-55(47-53)63-45-46-64(56-30-20-28-54(48-56)50-23-9-2-10-24-50)68-67(63)69-65(51-25-11-3-12-26-51)66(70-68)52-37-39-60(40-38-52)72(59-35-17-6-18-36-59)62-43-41-61(42-44-62)71(57-31-13-4-14-32-57)58-33-15-5-16-34-58/h1-37,39-48,52H,38H2. The van der Waals surface area contributed by atoms with Crippen LogP contribution < -0.4 is 9.80 Å². The lowest BCUT2D eigenvalue weighted by molar-refractivity contribution is 0.807. The molecule has 0 bridgehead atoms. The molecule has 10 aromatic carbocycles. The van der Waals surface area contributed by atoms with Crippen LogP contribution in [0, 0.1) is 0 Å². The van der Waals surface area contributed by atoms with Gasteiger partial charge in [0.2, 0.25) is 0 Å². The fourth-order valence-electron chi connectivity index (χ4n) is 10.0. The first-order valence-electron chi connectivity index (χ1n) is 24.7. The molecule has 342 valence electrons. The summed E-state index contributed by atoms with van der Waals surface area (Å²) in [5.41, 5.74) is 20.1. The van der Waals surface area contributed by atoms with Crippen molar-refractivity contribution >= 4 is 39.5 Å². The number of rotatable bonds is 12. The van der Waals surface area contributed by atoms with Crippen molar-refractivity contribution < 1.29 is 0 Å². The predicted octanol–water partition coefficient (Wildman–Crippen LogP) is 18.2.